The van der Waals surface area contributed by atoms with E-state index in [2.05, 4.69) is 28.3 Å². The van der Waals surface area contributed by atoms with Crippen molar-refractivity contribution in [2.24, 2.45) is 7.05 Å². The molecule has 15 heavy (non-hydrogen) atoms. The molecule has 0 N–H and O–H groups in total. The molecule has 0 bridgehead atoms. The number of rotatable bonds is 3. The molecule has 0 aliphatic heterocycles. The van der Waals surface area contributed by atoms with E-state index in [9.17, 15) is 0 Å². The maximum absolute atomic E-state index is 4.37. The standard InChI is InChI=1S/C13H14N2/c1-3-12-10-14-13(15(12)2)9-11-7-5-4-6-8-11/h3-8,10H,1,9H2,2H3. The van der Waals surface area contributed by atoms with Gasteiger partial charge in [-0.25, -0.2) is 4.98 Å². The Kier molecular flexibility index (Phi) is 2.68. The van der Waals surface area contributed by atoms with Crippen LogP contribution in [0.3, 0.4) is 0 Å². The zero-order valence-electron chi connectivity index (χ0n) is 8.85. The lowest BCUT2D eigenvalue weighted by molar-refractivity contribution is 0.815. The number of benzene rings is 1. The predicted octanol–water partition coefficient (Wildman–Crippen LogP) is 2.65. The fourth-order valence-corrected chi connectivity index (χ4v) is 1.60. The van der Waals surface area contributed by atoms with Crippen molar-refractivity contribution < 1.29 is 0 Å². The molecule has 76 valence electrons. The zero-order chi connectivity index (χ0) is 10.7. The van der Waals surface area contributed by atoms with Gasteiger partial charge in [0.2, 0.25) is 0 Å². The highest BCUT2D eigenvalue weighted by Gasteiger charge is 2.04. The third kappa shape index (κ3) is 1.99. The summed E-state index contributed by atoms with van der Waals surface area (Å²) in [7, 11) is 2.02. The van der Waals surface area contributed by atoms with Gasteiger partial charge in [-0.3, -0.25) is 0 Å². The minimum atomic E-state index is 0.866. The van der Waals surface area contributed by atoms with Crippen molar-refractivity contribution >= 4 is 6.08 Å². The molecular formula is C13H14N2. The summed E-state index contributed by atoms with van der Waals surface area (Å²) in [6, 6.07) is 10.3. The lowest BCUT2D eigenvalue weighted by Crippen LogP contribution is -2.00. The lowest BCUT2D eigenvalue weighted by atomic mass is 10.1. The van der Waals surface area contributed by atoms with E-state index in [0.29, 0.717) is 0 Å². The zero-order valence-corrected chi connectivity index (χ0v) is 8.85. The lowest BCUT2D eigenvalue weighted by Gasteiger charge is -2.03. The third-order valence-electron chi connectivity index (χ3n) is 2.53. The van der Waals surface area contributed by atoms with Crippen molar-refractivity contribution in [1.29, 1.82) is 0 Å². The smallest absolute Gasteiger partial charge is 0.113 e. The minimum Gasteiger partial charge on any atom is -0.331 e. The van der Waals surface area contributed by atoms with Gasteiger partial charge in [0.05, 0.1) is 11.9 Å². The fraction of sp³-hybridized carbons (Fsp3) is 0.154. The van der Waals surface area contributed by atoms with Gasteiger partial charge in [0.1, 0.15) is 5.82 Å². The Morgan fingerprint density at radius 2 is 2.07 bits per heavy atom. The Labute approximate surface area is 89.9 Å². The monoisotopic (exact) mass is 198 g/mol. The largest absolute Gasteiger partial charge is 0.331 e. The summed E-state index contributed by atoms with van der Waals surface area (Å²) < 4.78 is 2.07. The van der Waals surface area contributed by atoms with Gasteiger partial charge in [-0.15, -0.1) is 0 Å². The van der Waals surface area contributed by atoms with Crippen molar-refractivity contribution in [3.63, 3.8) is 0 Å². The summed E-state index contributed by atoms with van der Waals surface area (Å²) in [5, 5.41) is 0. The molecule has 2 nitrogen and oxygen atoms in total. The van der Waals surface area contributed by atoms with Crippen LogP contribution in [0, 0.1) is 0 Å². The molecule has 0 saturated heterocycles. The molecule has 1 heterocycles. The molecule has 2 rings (SSSR count). The second-order valence-electron chi connectivity index (χ2n) is 3.52. The molecule has 0 saturated carbocycles. The molecule has 0 fully saturated rings. The van der Waals surface area contributed by atoms with Gasteiger partial charge in [0, 0.05) is 13.5 Å². The van der Waals surface area contributed by atoms with E-state index < -0.39 is 0 Å². The molecule has 0 aliphatic carbocycles. The van der Waals surface area contributed by atoms with Crippen molar-refractivity contribution in [1.82, 2.24) is 9.55 Å². The minimum absolute atomic E-state index is 0.866. The number of hydrogen-bond acceptors (Lipinski definition) is 1. The Morgan fingerprint density at radius 3 is 2.67 bits per heavy atom. The summed E-state index contributed by atoms with van der Waals surface area (Å²) >= 11 is 0. The molecular weight excluding hydrogens is 184 g/mol. The van der Waals surface area contributed by atoms with E-state index in [1.807, 2.05) is 37.5 Å². The highest BCUT2D eigenvalue weighted by molar-refractivity contribution is 5.41. The SMILES string of the molecule is C=Cc1cnc(Cc2ccccc2)n1C. The number of imidazole rings is 1. The van der Waals surface area contributed by atoms with Gasteiger partial charge in [-0.1, -0.05) is 36.9 Å². The van der Waals surface area contributed by atoms with Crippen LogP contribution in [0.4, 0.5) is 0 Å². The highest BCUT2D eigenvalue weighted by Crippen LogP contribution is 2.10. The molecule has 0 aliphatic rings. The first kappa shape index (κ1) is 9.71. The Hall–Kier alpha value is -1.83. The van der Waals surface area contributed by atoms with Crippen LogP contribution in [0.2, 0.25) is 0 Å². The van der Waals surface area contributed by atoms with Crippen LogP contribution in [0.25, 0.3) is 6.08 Å². The molecule has 1 aromatic heterocycles. The first-order valence-corrected chi connectivity index (χ1v) is 4.98. The molecule has 0 amide bonds. The third-order valence-corrected chi connectivity index (χ3v) is 2.53. The van der Waals surface area contributed by atoms with E-state index in [-0.39, 0.29) is 0 Å². The van der Waals surface area contributed by atoms with Crippen LogP contribution in [0.5, 0.6) is 0 Å². The van der Waals surface area contributed by atoms with Crippen molar-refractivity contribution in [3.05, 3.63) is 60.2 Å². The normalized spacial score (nSPS) is 10.2. The first-order valence-electron chi connectivity index (χ1n) is 4.98. The van der Waals surface area contributed by atoms with E-state index in [1.54, 1.807) is 0 Å². The molecule has 0 atom stereocenters. The maximum atomic E-state index is 4.37. The summed E-state index contributed by atoms with van der Waals surface area (Å²) in [6.45, 7) is 3.75. The Bertz CT molecular complexity index is 455. The van der Waals surface area contributed by atoms with Crippen LogP contribution < -0.4 is 0 Å². The average molecular weight is 198 g/mol. The summed E-state index contributed by atoms with van der Waals surface area (Å²) in [5.41, 5.74) is 2.34. The van der Waals surface area contributed by atoms with Crippen LogP contribution in [0.15, 0.2) is 43.1 Å². The molecule has 0 unspecified atom stereocenters. The maximum Gasteiger partial charge on any atom is 0.113 e. The number of aromatic nitrogens is 2. The van der Waals surface area contributed by atoms with Crippen LogP contribution >= 0.6 is 0 Å². The summed E-state index contributed by atoms with van der Waals surface area (Å²) in [6.07, 6.45) is 4.54. The van der Waals surface area contributed by atoms with Crippen LogP contribution in [0.1, 0.15) is 17.1 Å². The second kappa shape index (κ2) is 4.13. The average Bonchev–Trinajstić information content (AvgIpc) is 2.62. The highest BCUT2D eigenvalue weighted by atomic mass is 15.1. The second-order valence-corrected chi connectivity index (χ2v) is 3.52. The van der Waals surface area contributed by atoms with E-state index >= 15 is 0 Å². The molecule has 0 radical (unpaired) electrons. The predicted molar refractivity (Wildman–Crippen MR) is 62.5 cm³/mol. The number of hydrogen-bond donors (Lipinski definition) is 0. The number of nitrogens with zero attached hydrogens (tertiary/aromatic N) is 2. The molecule has 2 heteroatoms. The van der Waals surface area contributed by atoms with Gasteiger partial charge in [0.15, 0.2) is 0 Å². The van der Waals surface area contributed by atoms with Gasteiger partial charge in [-0.05, 0) is 11.6 Å². The van der Waals surface area contributed by atoms with E-state index in [0.717, 1.165) is 17.9 Å². The molecule has 2 aromatic rings. The molecule has 0 spiro atoms. The van der Waals surface area contributed by atoms with Crippen molar-refractivity contribution in [2.45, 2.75) is 6.42 Å². The van der Waals surface area contributed by atoms with Gasteiger partial charge >= 0.3 is 0 Å². The van der Waals surface area contributed by atoms with Crippen LogP contribution in [-0.2, 0) is 13.5 Å². The van der Waals surface area contributed by atoms with Crippen molar-refractivity contribution in [2.75, 3.05) is 0 Å². The van der Waals surface area contributed by atoms with E-state index in [4.69, 9.17) is 0 Å². The quantitative estimate of drug-likeness (QED) is 0.741. The Morgan fingerprint density at radius 1 is 1.33 bits per heavy atom. The van der Waals surface area contributed by atoms with Gasteiger partial charge in [-0.2, -0.15) is 0 Å². The fourth-order valence-electron chi connectivity index (χ4n) is 1.60. The van der Waals surface area contributed by atoms with E-state index in [1.165, 1.54) is 5.56 Å². The Balaban J connectivity index is 2.25. The van der Waals surface area contributed by atoms with Gasteiger partial charge in [0.25, 0.3) is 0 Å². The molecule has 1 aromatic carbocycles. The summed E-state index contributed by atoms with van der Waals surface area (Å²) in [4.78, 5) is 4.37. The van der Waals surface area contributed by atoms with Crippen molar-refractivity contribution in [3.8, 4) is 0 Å². The van der Waals surface area contributed by atoms with Gasteiger partial charge < -0.3 is 4.57 Å². The topological polar surface area (TPSA) is 17.8 Å². The first-order chi connectivity index (χ1) is 7.31. The summed E-state index contributed by atoms with van der Waals surface area (Å²) in [5.74, 6) is 1.07. The van der Waals surface area contributed by atoms with Crippen LogP contribution in [-0.4, -0.2) is 9.55 Å².